The first kappa shape index (κ1) is 11.6. The van der Waals surface area contributed by atoms with E-state index in [1.54, 1.807) is 0 Å². The molecule has 0 aliphatic carbocycles. The van der Waals surface area contributed by atoms with Crippen molar-refractivity contribution >= 4 is 5.57 Å². The van der Waals surface area contributed by atoms with Crippen LogP contribution < -0.4 is 0 Å². The molecule has 0 saturated carbocycles. The molecule has 0 saturated heterocycles. The van der Waals surface area contributed by atoms with Gasteiger partial charge in [-0.3, -0.25) is 0 Å². The standard InChI is InChI=1S/C15H18/c1-4-10-13(5-2)15(6-3)14-11-8-7-9-12-14/h3,7-9,11-12H,4-5,10H2,1-2H3/b15-13+. The first-order chi connectivity index (χ1) is 7.33. The van der Waals surface area contributed by atoms with Crippen molar-refractivity contribution in [1.29, 1.82) is 0 Å². The lowest BCUT2D eigenvalue weighted by Crippen LogP contribution is -1.89. The molecule has 0 radical (unpaired) electrons. The van der Waals surface area contributed by atoms with Crippen molar-refractivity contribution in [2.45, 2.75) is 33.1 Å². The summed E-state index contributed by atoms with van der Waals surface area (Å²) >= 11 is 0. The minimum atomic E-state index is 1.04. The van der Waals surface area contributed by atoms with Gasteiger partial charge < -0.3 is 0 Å². The minimum absolute atomic E-state index is 1.04. The van der Waals surface area contributed by atoms with Crippen LogP contribution in [0.2, 0.25) is 0 Å². The minimum Gasteiger partial charge on any atom is -0.115 e. The Balaban J connectivity index is 3.12. The van der Waals surface area contributed by atoms with Gasteiger partial charge >= 0.3 is 0 Å². The van der Waals surface area contributed by atoms with E-state index in [1.165, 1.54) is 11.1 Å². The summed E-state index contributed by atoms with van der Waals surface area (Å²) in [6.07, 6.45) is 8.90. The van der Waals surface area contributed by atoms with Crippen molar-refractivity contribution in [1.82, 2.24) is 0 Å². The van der Waals surface area contributed by atoms with E-state index in [9.17, 15) is 0 Å². The second kappa shape index (κ2) is 6.09. The van der Waals surface area contributed by atoms with Gasteiger partial charge in [0.2, 0.25) is 0 Å². The zero-order chi connectivity index (χ0) is 11.1. The smallest absolute Gasteiger partial charge is 0.0306 e. The molecule has 0 heterocycles. The highest BCUT2D eigenvalue weighted by Gasteiger charge is 2.04. The molecule has 15 heavy (non-hydrogen) atoms. The molecule has 0 bridgehead atoms. The van der Waals surface area contributed by atoms with Crippen LogP contribution in [0.3, 0.4) is 0 Å². The second-order valence-corrected chi connectivity index (χ2v) is 3.59. The zero-order valence-electron chi connectivity index (χ0n) is 9.59. The second-order valence-electron chi connectivity index (χ2n) is 3.59. The van der Waals surface area contributed by atoms with Gasteiger partial charge in [0.1, 0.15) is 0 Å². The van der Waals surface area contributed by atoms with E-state index in [4.69, 9.17) is 6.42 Å². The summed E-state index contributed by atoms with van der Waals surface area (Å²) in [6, 6.07) is 10.3. The molecule has 1 aromatic rings. The van der Waals surface area contributed by atoms with Crippen LogP contribution in [-0.2, 0) is 0 Å². The van der Waals surface area contributed by atoms with E-state index < -0.39 is 0 Å². The SMILES string of the molecule is C#C/C(=C(/CC)CCC)c1ccccc1. The molecule has 1 rings (SSSR count). The fourth-order valence-corrected chi connectivity index (χ4v) is 1.77. The Labute approximate surface area is 93.0 Å². The number of allylic oxidation sites excluding steroid dienone is 2. The fraction of sp³-hybridized carbons (Fsp3) is 0.333. The predicted octanol–water partition coefficient (Wildman–Crippen LogP) is 4.28. The molecule has 0 heteroatoms. The maximum atomic E-state index is 5.60. The fourth-order valence-electron chi connectivity index (χ4n) is 1.77. The summed E-state index contributed by atoms with van der Waals surface area (Å²) in [7, 11) is 0. The van der Waals surface area contributed by atoms with Crippen LogP contribution in [0, 0.1) is 12.3 Å². The molecule has 0 atom stereocenters. The Kier molecular flexibility index (Phi) is 4.71. The van der Waals surface area contributed by atoms with Gasteiger partial charge in [-0.15, -0.1) is 6.42 Å². The highest BCUT2D eigenvalue weighted by molar-refractivity contribution is 5.80. The molecule has 0 aliphatic rings. The summed E-state index contributed by atoms with van der Waals surface area (Å²) in [6.45, 7) is 4.36. The molecule has 0 unspecified atom stereocenters. The highest BCUT2D eigenvalue weighted by Crippen LogP contribution is 2.23. The van der Waals surface area contributed by atoms with Gasteiger partial charge in [0.15, 0.2) is 0 Å². The molecular weight excluding hydrogens is 180 g/mol. The van der Waals surface area contributed by atoms with Gasteiger partial charge in [-0.2, -0.15) is 0 Å². The van der Waals surface area contributed by atoms with Crippen LogP contribution in [0.4, 0.5) is 0 Å². The van der Waals surface area contributed by atoms with Crippen LogP contribution in [0.15, 0.2) is 35.9 Å². The summed E-state index contributed by atoms with van der Waals surface area (Å²) < 4.78 is 0. The monoisotopic (exact) mass is 198 g/mol. The van der Waals surface area contributed by atoms with E-state index in [0.29, 0.717) is 0 Å². The largest absolute Gasteiger partial charge is 0.115 e. The Hall–Kier alpha value is -1.48. The predicted molar refractivity (Wildman–Crippen MR) is 67.4 cm³/mol. The van der Waals surface area contributed by atoms with Crippen LogP contribution in [0.5, 0.6) is 0 Å². The number of rotatable bonds is 4. The third kappa shape index (κ3) is 2.99. The van der Waals surface area contributed by atoms with Gasteiger partial charge in [0.05, 0.1) is 0 Å². The lowest BCUT2D eigenvalue weighted by molar-refractivity contribution is 0.863. The van der Waals surface area contributed by atoms with E-state index in [0.717, 1.165) is 24.8 Å². The molecule has 0 aromatic heterocycles. The van der Waals surface area contributed by atoms with Gasteiger partial charge in [-0.05, 0) is 18.4 Å². The number of benzene rings is 1. The molecule has 0 nitrogen and oxygen atoms in total. The van der Waals surface area contributed by atoms with Gasteiger partial charge in [-0.25, -0.2) is 0 Å². The van der Waals surface area contributed by atoms with E-state index >= 15 is 0 Å². The molecule has 0 fully saturated rings. The van der Waals surface area contributed by atoms with Crippen molar-refractivity contribution in [3.05, 3.63) is 41.5 Å². The van der Waals surface area contributed by atoms with Crippen LogP contribution in [0.25, 0.3) is 5.57 Å². The van der Waals surface area contributed by atoms with Crippen LogP contribution >= 0.6 is 0 Å². The summed E-state index contributed by atoms with van der Waals surface area (Å²) in [5.74, 6) is 2.83. The average Bonchev–Trinajstić information content (AvgIpc) is 2.30. The topological polar surface area (TPSA) is 0 Å². The molecule has 0 amide bonds. The molecule has 1 aromatic carbocycles. The van der Waals surface area contributed by atoms with Gasteiger partial charge in [-0.1, -0.05) is 62.1 Å². The van der Waals surface area contributed by atoms with Crippen LogP contribution in [0.1, 0.15) is 38.7 Å². The van der Waals surface area contributed by atoms with E-state index in [-0.39, 0.29) is 0 Å². The highest BCUT2D eigenvalue weighted by atomic mass is 14.1. The molecule has 0 spiro atoms. The van der Waals surface area contributed by atoms with Crippen molar-refractivity contribution in [3.63, 3.8) is 0 Å². The van der Waals surface area contributed by atoms with E-state index in [1.807, 2.05) is 18.2 Å². The molecule has 78 valence electrons. The Morgan fingerprint density at radius 3 is 2.33 bits per heavy atom. The number of hydrogen-bond donors (Lipinski definition) is 0. The Bertz CT molecular complexity index is 363. The Morgan fingerprint density at radius 1 is 1.20 bits per heavy atom. The third-order valence-corrected chi connectivity index (χ3v) is 2.54. The lowest BCUT2D eigenvalue weighted by Gasteiger charge is -2.08. The summed E-state index contributed by atoms with van der Waals surface area (Å²) in [5.41, 5.74) is 3.65. The Morgan fingerprint density at radius 2 is 1.87 bits per heavy atom. The first-order valence-corrected chi connectivity index (χ1v) is 5.57. The van der Waals surface area contributed by atoms with Crippen molar-refractivity contribution in [3.8, 4) is 12.3 Å². The molecule has 0 aliphatic heterocycles. The molecule has 0 N–H and O–H groups in total. The third-order valence-electron chi connectivity index (χ3n) is 2.54. The lowest BCUT2D eigenvalue weighted by atomic mass is 9.96. The zero-order valence-corrected chi connectivity index (χ0v) is 9.59. The number of hydrogen-bond acceptors (Lipinski definition) is 0. The normalized spacial score (nSPS) is 11.8. The average molecular weight is 198 g/mol. The molecular formula is C15H18. The van der Waals surface area contributed by atoms with Gasteiger partial charge in [0.25, 0.3) is 0 Å². The van der Waals surface area contributed by atoms with Crippen molar-refractivity contribution in [2.75, 3.05) is 0 Å². The van der Waals surface area contributed by atoms with E-state index in [2.05, 4.69) is 31.9 Å². The summed E-state index contributed by atoms with van der Waals surface area (Å²) in [4.78, 5) is 0. The van der Waals surface area contributed by atoms with Crippen LogP contribution in [-0.4, -0.2) is 0 Å². The maximum Gasteiger partial charge on any atom is 0.0306 e. The summed E-state index contributed by atoms with van der Waals surface area (Å²) in [5, 5.41) is 0. The van der Waals surface area contributed by atoms with Crippen molar-refractivity contribution < 1.29 is 0 Å². The first-order valence-electron chi connectivity index (χ1n) is 5.57. The van der Waals surface area contributed by atoms with Crippen molar-refractivity contribution in [2.24, 2.45) is 0 Å². The maximum absolute atomic E-state index is 5.60. The quantitative estimate of drug-likeness (QED) is 0.633. The van der Waals surface area contributed by atoms with Gasteiger partial charge in [0, 0.05) is 5.57 Å². The number of terminal acetylenes is 1.